The summed E-state index contributed by atoms with van der Waals surface area (Å²) in [5.74, 6) is 2.00. The van der Waals surface area contributed by atoms with Crippen LogP contribution in [0.1, 0.15) is 40.5 Å². The van der Waals surface area contributed by atoms with Crippen molar-refractivity contribution in [2.24, 2.45) is 22.7 Å². The highest BCUT2D eigenvalue weighted by molar-refractivity contribution is 5.21. The van der Waals surface area contributed by atoms with Crippen molar-refractivity contribution in [3.05, 3.63) is 0 Å². The Morgan fingerprint density at radius 3 is 1.70 bits per heavy atom. The summed E-state index contributed by atoms with van der Waals surface area (Å²) in [6.45, 7) is 9.73. The van der Waals surface area contributed by atoms with Crippen LogP contribution in [-0.4, -0.2) is 0 Å². The van der Waals surface area contributed by atoms with E-state index in [1.165, 1.54) is 12.8 Å². The minimum absolute atomic E-state index is 0.671. The number of rotatable bonds is 0. The van der Waals surface area contributed by atoms with Gasteiger partial charge in [0.1, 0.15) is 0 Å². The first-order valence-electron chi connectivity index (χ1n) is 4.53. The van der Waals surface area contributed by atoms with Crippen LogP contribution in [0.2, 0.25) is 0 Å². The minimum Gasteiger partial charge on any atom is -0.0619 e. The van der Waals surface area contributed by atoms with Crippen LogP contribution in [0.25, 0.3) is 0 Å². The van der Waals surface area contributed by atoms with E-state index in [0.717, 1.165) is 17.3 Å². The largest absolute Gasteiger partial charge is 0.0619 e. The molecular weight excluding hydrogens is 120 g/mol. The van der Waals surface area contributed by atoms with E-state index in [1.54, 1.807) is 0 Å². The van der Waals surface area contributed by atoms with E-state index in [1.807, 2.05) is 0 Å². The predicted molar refractivity (Wildman–Crippen MR) is 43.8 cm³/mol. The van der Waals surface area contributed by atoms with Crippen LogP contribution in [0.3, 0.4) is 0 Å². The van der Waals surface area contributed by atoms with Crippen molar-refractivity contribution in [1.29, 1.82) is 0 Å². The van der Waals surface area contributed by atoms with Gasteiger partial charge in [-0.15, -0.1) is 0 Å². The molecule has 0 radical (unpaired) electrons. The number of hydrogen-bond acceptors (Lipinski definition) is 0. The molecule has 3 atom stereocenters. The van der Waals surface area contributed by atoms with Crippen molar-refractivity contribution in [3.8, 4) is 0 Å². The molecule has 0 aromatic heterocycles. The van der Waals surface area contributed by atoms with Gasteiger partial charge in [0.05, 0.1) is 0 Å². The molecule has 0 saturated heterocycles. The van der Waals surface area contributed by atoms with E-state index in [2.05, 4.69) is 27.7 Å². The second-order valence-corrected chi connectivity index (χ2v) is 4.92. The lowest BCUT2D eigenvalue weighted by molar-refractivity contribution is 0.114. The Morgan fingerprint density at radius 2 is 1.70 bits per heavy atom. The highest BCUT2D eigenvalue weighted by Crippen LogP contribution is 2.79. The lowest BCUT2D eigenvalue weighted by atomic mass is 9.67. The first-order valence-corrected chi connectivity index (χ1v) is 4.53. The molecule has 0 aromatic carbocycles. The fourth-order valence-corrected chi connectivity index (χ4v) is 3.51. The summed E-state index contributed by atoms with van der Waals surface area (Å²) in [6, 6.07) is 0. The van der Waals surface area contributed by atoms with Crippen molar-refractivity contribution in [3.63, 3.8) is 0 Å². The SMILES string of the molecule is CC1CCC12C(C)C2(C)C. The van der Waals surface area contributed by atoms with E-state index in [0.29, 0.717) is 5.41 Å². The van der Waals surface area contributed by atoms with Gasteiger partial charge in [-0.3, -0.25) is 0 Å². The van der Waals surface area contributed by atoms with Crippen LogP contribution in [0, 0.1) is 22.7 Å². The van der Waals surface area contributed by atoms with Crippen LogP contribution < -0.4 is 0 Å². The van der Waals surface area contributed by atoms with E-state index < -0.39 is 0 Å². The Labute approximate surface area is 64.0 Å². The van der Waals surface area contributed by atoms with Crippen molar-refractivity contribution in [2.75, 3.05) is 0 Å². The van der Waals surface area contributed by atoms with E-state index >= 15 is 0 Å². The van der Waals surface area contributed by atoms with Crippen molar-refractivity contribution < 1.29 is 0 Å². The predicted octanol–water partition coefficient (Wildman–Crippen LogP) is 3.08. The van der Waals surface area contributed by atoms with Crippen LogP contribution >= 0.6 is 0 Å². The standard InChI is InChI=1S/C10H18/c1-7-5-6-10(7)8(2)9(10,3)4/h7-8H,5-6H2,1-4H3. The highest BCUT2D eigenvalue weighted by Gasteiger charge is 2.73. The zero-order valence-electron chi connectivity index (χ0n) is 7.57. The van der Waals surface area contributed by atoms with Crippen LogP contribution in [-0.2, 0) is 0 Å². The Hall–Kier alpha value is 0. The molecule has 1 spiro atoms. The van der Waals surface area contributed by atoms with Gasteiger partial charge in [-0.1, -0.05) is 27.7 Å². The molecule has 0 bridgehead atoms. The molecule has 3 unspecified atom stereocenters. The Bertz CT molecular complexity index is 169. The average Bonchev–Trinajstić information content (AvgIpc) is 2.28. The Kier molecular flexibility index (Phi) is 0.964. The molecule has 2 aliphatic carbocycles. The summed E-state index contributed by atoms with van der Waals surface area (Å²) >= 11 is 0. The van der Waals surface area contributed by atoms with Crippen LogP contribution in [0.5, 0.6) is 0 Å². The number of hydrogen-bond donors (Lipinski definition) is 0. The smallest absolute Gasteiger partial charge is 0.0187 e. The normalized spacial score (nSPS) is 56.4. The molecule has 2 saturated carbocycles. The average molecular weight is 138 g/mol. The highest BCUT2D eigenvalue weighted by atomic mass is 14.8. The molecule has 58 valence electrons. The third-order valence-corrected chi connectivity index (χ3v) is 4.84. The molecule has 0 nitrogen and oxygen atoms in total. The van der Waals surface area contributed by atoms with E-state index in [4.69, 9.17) is 0 Å². The van der Waals surface area contributed by atoms with Crippen molar-refractivity contribution in [1.82, 2.24) is 0 Å². The molecule has 0 amide bonds. The zero-order chi connectivity index (χ0) is 7.57. The summed E-state index contributed by atoms with van der Waals surface area (Å²) in [5.41, 5.74) is 1.46. The minimum atomic E-state index is 0.671. The topological polar surface area (TPSA) is 0 Å². The Morgan fingerprint density at radius 1 is 1.20 bits per heavy atom. The van der Waals surface area contributed by atoms with Gasteiger partial charge in [-0.25, -0.2) is 0 Å². The molecule has 0 heterocycles. The molecule has 0 aromatic rings. The third kappa shape index (κ3) is 0.408. The second kappa shape index (κ2) is 1.44. The van der Waals surface area contributed by atoms with Gasteiger partial charge >= 0.3 is 0 Å². The first kappa shape index (κ1) is 6.69. The van der Waals surface area contributed by atoms with Gasteiger partial charge in [0.2, 0.25) is 0 Å². The third-order valence-electron chi connectivity index (χ3n) is 4.84. The molecule has 10 heavy (non-hydrogen) atoms. The van der Waals surface area contributed by atoms with Gasteiger partial charge in [0, 0.05) is 0 Å². The van der Waals surface area contributed by atoms with Crippen molar-refractivity contribution in [2.45, 2.75) is 40.5 Å². The molecule has 0 N–H and O–H groups in total. The summed E-state index contributed by atoms with van der Waals surface area (Å²) < 4.78 is 0. The molecule has 2 fully saturated rings. The van der Waals surface area contributed by atoms with Gasteiger partial charge in [0.25, 0.3) is 0 Å². The van der Waals surface area contributed by atoms with E-state index in [-0.39, 0.29) is 0 Å². The van der Waals surface area contributed by atoms with Crippen LogP contribution in [0.4, 0.5) is 0 Å². The maximum Gasteiger partial charge on any atom is -0.0187 e. The van der Waals surface area contributed by atoms with Gasteiger partial charge in [-0.05, 0) is 35.5 Å². The lowest BCUT2D eigenvalue weighted by Gasteiger charge is -2.38. The van der Waals surface area contributed by atoms with Gasteiger partial charge < -0.3 is 0 Å². The quantitative estimate of drug-likeness (QED) is 0.482. The second-order valence-electron chi connectivity index (χ2n) is 4.92. The molecule has 2 rings (SSSR count). The maximum atomic E-state index is 2.44. The zero-order valence-corrected chi connectivity index (χ0v) is 7.57. The molecule has 0 heteroatoms. The Balaban J connectivity index is 2.22. The van der Waals surface area contributed by atoms with Gasteiger partial charge in [0.15, 0.2) is 0 Å². The fourth-order valence-electron chi connectivity index (χ4n) is 3.51. The van der Waals surface area contributed by atoms with Crippen molar-refractivity contribution >= 4 is 0 Å². The fraction of sp³-hybridized carbons (Fsp3) is 1.00. The lowest BCUT2D eigenvalue weighted by Crippen LogP contribution is -2.29. The maximum absolute atomic E-state index is 2.44. The van der Waals surface area contributed by atoms with E-state index in [9.17, 15) is 0 Å². The summed E-state index contributed by atoms with van der Waals surface area (Å²) in [5, 5.41) is 0. The monoisotopic (exact) mass is 138 g/mol. The van der Waals surface area contributed by atoms with Gasteiger partial charge in [-0.2, -0.15) is 0 Å². The molecule has 2 aliphatic rings. The summed E-state index contributed by atoms with van der Waals surface area (Å²) in [4.78, 5) is 0. The first-order chi connectivity index (χ1) is 4.53. The summed E-state index contributed by atoms with van der Waals surface area (Å²) in [6.07, 6.45) is 2.98. The van der Waals surface area contributed by atoms with Crippen LogP contribution in [0.15, 0.2) is 0 Å². The molecule has 0 aliphatic heterocycles. The summed E-state index contributed by atoms with van der Waals surface area (Å²) in [7, 11) is 0. The molecular formula is C10H18.